The largest absolute Gasteiger partial charge is 0.283 e. The summed E-state index contributed by atoms with van der Waals surface area (Å²) in [6.07, 6.45) is 0. The molecule has 1 aromatic heterocycles. The highest BCUT2D eigenvalue weighted by Crippen LogP contribution is 2.33. The summed E-state index contributed by atoms with van der Waals surface area (Å²) in [5, 5.41) is 11.5. The van der Waals surface area contributed by atoms with Crippen molar-refractivity contribution in [1.82, 2.24) is 9.97 Å². The second kappa shape index (κ2) is 5.36. The normalized spacial score (nSPS) is 10.5. The van der Waals surface area contributed by atoms with Gasteiger partial charge in [-0.05, 0) is 44.2 Å². The Hall–Kier alpha value is -1.95. The molecule has 0 aliphatic rings. The van der Waals surface area contributed by atoms with Gasteiger partial charge in [0.1, 0.15) is 0 Å². The summed E-state index contributed by atoms with van der Waals surface area (Å²) in [4.78, 5) is 19.8. The first-order chi connectivity index (χ1) is 8.99. The van der Waals surface area contributed by atoms with Gasteiger partial charge in [0.25, 0.3) is 5.69 Å². The van der Waals surface area contributed by atoms with Crippen LogP contribution in [0.15, 0.2) is 34.3 Å². The van der Waals surface area contributed by atoms with Crippen LogP contribution in [-0.4, -0.2) is 14.9 Å². The first-order valence-corrected chi connectivity index (χ1v) is 6.54. The van der Waals surface area contributed by atoms with Gasteiger partial charge in [-0.3, -0.25) is 10.1 Å². The van der Waals surface area contributed by atoms with Gasteiger partial charge in [-0.25, -0.2) is 9.97 Å². The van der Waals surface area contributed by atoms with E-state index in [0.717, 1.165) is 17.0 Å². The maximum Gasteiger partial charge on any atom is 0.283 e. The van der Waals surface area contributed by atoms with Gasteiger partial charge in [-0.15, -0.1) is 0 Å². The van der Waals surface area contributed by atoms with Crippen molar-refractivity contribution in [3.63, 3.8) is 0 Å². The van der Waals surface area contributed by atoms with Crippen LogP contribution in [0.5, 0.6) is 0 Å². The maximum absolute atomic E-state index is 11.0. The molecule has 98 valence electrons. The van der Waals surface area contributed by atoms with Gasteiger partial charge in [0.05, 0.1) is 9.82 Å². The molecular formula is C13H13N3O2S. The van der Waals surface area contributed by atoms with E-state index in [1.54, 1.807) is 18.2 Å². The summed E-state index contributed by atoms with van der Waals surface area (Å²) < 4.78 is 0. The van der Waals surface area contributed by atoms with E-state index in [1.807, 2.05) is 20.8 Å². The Bertz CT molecular complexity index is 621. The van der Waals surface area contributed by atoms with Gasteiger partial charge < -0.3 is 0 Å². The predicted molar refractivity (Wildman–Crippen MR) is 73.5 cm³/mol. The first kappa shape index (κ1) is 13.5. The highest BCUT2D eigenvalue weighted by molar-refractivity contribution is 7.99. The van der Waals surface area contributed by atoms with Gasteiger partial charge in [-0.1, -0.05) is 12.1 Å². The van der Waals surface area contributed by atoms with Gasteiger partial charge in [0.2, 0.25) is 0 Å². The van der Waals surface area contributed by atoms with Gasteiger partial charge in [0.15, 0.2) is 5.16 Å². The minimum absolute atomic E-state index is 0.0759. The lowest BCUT2D eigenvalue weighted by Gasteiger charge is -2.06. The van der Waals surface area contributed by atoms with Crippen molar-refractivity contribution in [3.8, 4) is 0 Å². The molecule has 1 heterocycles. The molecule has 0 atom stereocenters. The molecule has 0 fully saturated rings. The van der Waals surface area contributed by atoms with E-state index < -0.39 is 4.92 Å². The monoisotopic (exact) mass is 275 g/mol. The lowest BCUT2D eigenvalue weighted by molar-refractivity contribution is -0.387. The highest BCUT2D eigenvalue weighted by atomic mass is 32.2. The van der Waals surface area contributed by atoms with Crippen LogP contribution in [0, 0.1) is 30.9 Å². The van der Waals surface area contributed by atoms with E-state index in [-0.39, 0.29) is 5.69 Å². The third kappa shape index (κ3) is 2.90. The van der Waals surface area contributed by atoms with Crippen LogP contribution in [0.4, 0.5) is 5.69 Å². The number of hydrogen-bond donors (Lipinski definition) is 0. The Morgan fingerprint density at radius 3 is 2.26 bits per heavy atom. The van der Waals surface area contributed by atoms with E-state index in [9.17, 15) is 10.1 Å². The number of nitro benzene ring substituents is 1. The van der Waals surface area contributed by atoms with Crippen LogP contribution < -0.4 is 0 Å². The van der Waals surface area contributed by atoms with Crippen LogP contribution in [-0.2, 0) is 0 Å². The SMILES string of the molecule is Cc1nc(Sc2ccccc2[N+](=O)[O-])nc(C)c1C. The number of hydrogen-bond acceptors (Lipinski definition) is 5. The topological polar surface area (TPSA) is 68.9 Å². The van der Waals surface area contributed by atoms with Crippen LogP contribution in [0.25, 0.3) is 0 Å². The van der Waals surface area contributed by atoms with E-state index in [2.05, 4.69) is 9.97 Å². The minimum Gasteiger partial charge on any atom is -0.258 e. The Morgan fingerprint density at radius 1 is 1.11 bits per heavy atom. The zero-order valence-electron chi connectivity index (χ0n) is 10.9. The Morgan fingerprint density at radius 2 is 1.68 bits per heavy atom. The molecule has 1 aromatic carbocycles. The fourth-order valence-corrected chi connectivity index (χ4v) is 2.54. The molecule has 6 heteroatoms. The van der Waals surface area contributed by atoms with Crippen molar-refractivity contribution < 1.29 is 4.92 Å². The Kier molecular flexibility index (Phi) is 3.80. The summed E-state index contributed by atoms with van der Waals surface area (Å²) in [6, 6.07) is 6.60. The second-order valence-electron chi connectivity index (χ2n) is 4.13. The Balaban J connectivity index is 2.39. The molecule has 0 amide bonds. The van der Waals surface area contributed by atoms with Crippen LogP contribution in [0.1, 0.15) is 17.0 Å². The molecule has 0 bridgehead atoms. The van der Waals surface area contributed by atoms with Crippen molar-refractivity contribution in [2.24, 2.45) is 0 Å². The van der Waals surface area contributed by atoms with E-state index >= 15 is 0 Å². The number of benzene rings is 1. The minimum atomic E-state index is -0.393. The summed E-state index contributed by atoms with van der Waals surface area (Å²) >= 11 is 1.22. The molecule has 0 saturated carbocycles. The summed E-state index contributed by atoms with van der Waals surface area (Å²) in [6.45, 7) is 5.78. The van der Waals surface area contributed by atoms with Crippen molar-refractivity contribution >= 4 is 17.4 Å². The number of aryl methyl sites for hydroxylation is 2. The maximum atomic E-state index is 11.0. The molecule has 2 aromatic rings. The number of rotatable bonds is 3. The van der Waals surface area contributed by atoms with Crippen molar-refractivity contribution in [2.75, 3.05) is 0 Å². The molecule has 0 aliphatic heterocycles. The molecule has 0 spiro atoms. The van der Waals surface area contributed by atoms with E-state index in [1.165, 1.54) is 17.8 Å². The van der Waals surface area contributed by atoms with Crippen LogP contribution in [0.3, 0.4) is 0 Å². The lowest BCUT2D eigenvalue weighted by atomic mass is 10.2. The molecule has 0 radical (unpaired) electrons. The van der Waals surface area contributed by atoms with Gasteiger partial charge in [-0.2, -0.15) is 0 Å². The molecule has 0 saturated heterocycles. The zero-order valence-corrected chi connectivity index (χ0v) is 11.7. The van der Waals surface area contributed by atoms with Crippen LogP contribution in [0.2, 0.25) is 0 Å². The van der Waals surface area contributed by atoms with Crippen molar-refractivity contribution in [3.05, 3.63) is 51.3 Å². The third-order valence-electron chi connectivity index (χ3n) is 2.88. The molecule has 0 unspecified atom stereocenters. The summed E-state index contributed by atoms with van der Waals surface area (Å²) in [5.74, 6) is 0. The molecule has 0 N–H and O–H groups in total. The molecular weight excluding hydrogens is 262 g/mol. The second-order valence-corrected chi connectivity index (χ2v) is 5.14. The summed E-state index contributed by atoms with van der Waals surface area (Å²) in [7, 11) is 0. The van der Waals surface area contributed by atoms with Gasteiger partial charge >= 0.3 is 0 Å². The average Bonchev–Trinajstić information content (AvgIpc) is 2.36. The van der Waals surface area contributed by atoms with E-state index in [0.29, 0.717) is 10.1 Å². The summed E-state index contributed by atoms with van der Waals surface area (Å²) in [5.41, 5.74) is 2.92. The standard InChI is InChI=1S/C13H13N3O2S/c1-8-9(2)14-13(15-10(8)3)19-12-7-5-4-6-11(12)16(17)18/h4-7H,1-3H3. The van der Waals surface area contributed by atoms with Crippen molar-refractivity contribution in [2.45, 2.75) is 30.8 Å². The first-order valence-electron chi connectivity index (χ1n) is 5.72. The number of para-hydroxylation sites is 1. The lowest BCUT2D eigenvalue weighted by Crippen LogP contribution is -1.98. The quantitative estimate of drug-likeness (QED) is 0.487. The third-order valence-corrected chi connectivity index (χ3v) is 3.81. The fraction of sp³-hybridized carbons (Fsp3) is 0.231. The Labute approximate surface area is 115 Å². The molecule has 19 heavy (non-hydrogen) atoms. The highest BCUT2D eigenvalue weighted by Gasteiger charge is 2.15. The molecule has 5 nitrogen and oxygen atoms in total. The van der Waals surface area contributed by atoms with Gasteiger partial charge in [0, 0.05) is 17.5 Å². The van der Waals surface area contributed by atoms with Crippen LogP contribution >= 0.6 is 11.8 Å². The van der Waals surface area contributed by atoms with E-state index in [4.69, 9.17) is 0 Å². The fourth-order valence-electron chi connectivity index (χ4n) is 1.58. The number of nitro groups is 1. The number of aromatic nitrogens is 2. The smallest absolute Gasteiger partial charge is 0.258 e. The zero-order chi connectivity index (χ0) is 14.0. The molecule has 0 aliphatic carbocycles. The average molecular weight is 275 g/mol. The molecule has 2 rings (SSSR count). The number of nitrogens with zero attached hydrogens (tertiary/aromatic N) is 3. The van der Waals surface area contributed by atoms with Crippen molar-refractivity contribution in [1.29, 1.82) is 0 Å². The predicted octanol–water partition coefficient (Wildman–Crippen LogP) is 3.46.